The van der Waals surface area contributed by atoms with Gasteiger partial charge < -0.3 is 46.2 Å². The van der Waals surface area contributed by atoms with Crippen molar-refractivity contribution in [2.75, 3.05) is 25.4 Å². The monoisotopic (exact) mass is 1320 g/mol. The third-order valence-electron chi connectivity index (χ3n) is 18.1. The van der Waals surface area contributed by atoms with Gasteiger partial charge in [-0.05, 0) is 112 Å². The minimum atomic E-state index is -1.52. The fourth-order valence-corrected chi connectivity index (χ4v) is 15.0. The summed E-state index contributed by atoms with van der Waals surface area (Å²) < 4.78 is 5.70. The molecule has 6 amide bonds. The number of benzene rings is 7. The number of rotatable bonds is 32. The number of unbranched alkanes of at least 4 members (excludes halogenated alkanes) is 3. The van der Waals surface area contributed by atoms with Crippen LogP contribution in [-0.4, -0.2) is 130 Å². The Morgan fingerprint density at radius 3 is 1.49 bits per heavy atom. The number of carbonyl (C=O) groups is 7. The molecule has 17 heteroatoms. The predicted octanol–water partition coefficient (Wildman–Crippen LogP) is 11.1. The first kappa shape index (κ1) is 71.4. The molecule has 2 fully saturated rings. The third-order valence-corrected chi connectivity index (χ3v) is 19.8. The van der Waals surface area contributed by atoms with Crippen LogP contribution in [0.1, 0.15) is 138 Å². The summed E-state index contributed by atoms with van der Waals surface area (Å²) in [4.78, 5) is 107. The van der Waals surface area contributed by atoms with E-state index in [1.165, 1.54) is 4.90 Å². The summed E-state index contributed by atoms with van der Waals surface area (Å²) in [7, 11) is 0. The van der Waals surface area contributed by atoms with E-state index in [4.69, 9.17) is 4.74 Å². The zero-order valence-corrected chi connectivity index (χ0v) is 56.7. The molecular formula is C79H93N7O9S. The van der Waals surface area contributed by atoms with E-state index in [0.29, 0.717) is 43.7 Å². The summed E-state index contributed by atoms with van der Waals surface area (Å²) in [6.45, 7) is 10.4. The molecule has 2 aliphatic heterocycles. The van der Waals surface area contributed by atoms with E-state index in [1.807, 2.05) is 146 Å². The van der Waals surface area contributed by atoms with E-state index >= 15 is 19.2 Å². The van der Waals surface area contributed by atoms with Crippen LogP contribution in [0.2, 0.25) is 0 Å². The van der Waals surface area contributed by atoms with Crippen LogP contribution in [0.25, 0.3) is 0 Å². The van der Waals surface area contributed by atoms with Crippen LogP contribution in [-0.2, 0) is 55.0 Å². The van der Waals surface area contributed by atoms with Crippen molar-refractivity contribution >= 4 is 53.2 Å². The molecular weight excluding hydrogens is 1220 g/mol. The highest BCUT2D eigenvalue weighted by Crippen LogP contribution is 2.49. The van der Waals surface area contributed by atoms with Crippen LogP contribution in [0.15, 0.2) is 212 Å². The molecule has 0 radical (unpaired) electrons. The van der Waals surface area contributed by atoms with Crippen molar-refractivity contribution < 1.29 is 43.4 Å². The summed E-state index contributed by atoms with van der Waals surface area (Å²) in [5.41, 5.74) is 4.08. The Morgan fingerprint density at radius 2 is 1.01 bits per heavy atom. The minimum Gasteiger partial charge on any atom is -0.480 e. The van der Waals surface area contributed by atoms with Crippen LogP contribution >= 0.6 is 11.8 Å². The molecule has 7 aromatic carbocycles. The van der Waals surface area contributed by atoms with Gasteiger partial charge in [0.15, 0.2) is 0 Å². The molecule has 7 atom stereocenters. The third kappa shape index (κ3) is 18.0. The first-order chi connectivity index (χ1) is 46.4. The highest BCUT2D eigenvalue weighted by Gasteiger charge is 2.47. The Hall–Kier alpha value is -8.90. The Bertz CT molecular complexity index is 3450. The number of thioether (sulfide) groups is 1. The van der Waals surface area contributed by atoms with Crippen molar-refractivity contribution in [3.63, 3.8) is 0 Å². The maximum Gasteiger partial charge on any atom is 0.326 e. The molecule has 9 rings (SSSR count). The molecule has 0 spiro atoms. The van der Waals surface area contributed by atoms with Crippen molar-refractivity contribution in [1.82, 2.24) is 36.4 Å². The smallest absolute Gasteiger partial charge is 0.326 e. The molecule has 0 saturated carbocycles. The summed E-state index contributed by atoms with van der Waals surface area (Å²) >= 11 is 1.69. The number of amides is 6. The van der Waals surface area contributed by atoms with E-state index in [-0.39, 0.29) is 44.0 Å². The molecule has 6 N–H and O–H groups in total. The highest BCUT2D eigenvalue weighted by atomic mass is 32.2. The highest BCUT2D eigenvalue weighted by molar-refractivity contribution is 8.00. The average Bonchev–Trinajstić information content (AvgIpc) is 1.02. The second-order valence-corrected chi connectivity index (χ2v) is 27.3. The van der Waals surface area contributed by atoms with Crippen LogP contribution in [0, 0.1) is 0 Å². The lowest BCUT2D eigenvalue weighted by Crippen LogP contribution is -2.61. The summed E-state index contributed by atoms with van der Waals surface area (Å²) in [5, 5.41) is 25.9. The Kier molecular flexibility index (Phi) is 25.4. The van der Waals surface area contributed by atoms with Gasteiger partial charge in [0.1, 0.15) is 35.7 Å². The van der Waals surface area contributed by atoms with Crippen molar-refractivity contribution in [2.45, 2.75) is 163 Å². The fraction of sp³-hybridized carbons (Fsp3) is 0.380. The Labute approximate surface area is 570 Å². The van der Waals surface area contributed by atoms with Gasteiger partial charge in [-0.1, -0.05) is 239 Å². The van der Waals surface area contributed by atoms with E-state index in [2.05, 4.69) is 69.9 Å². The van der Waals surface area contributed by atoms with Gasteiger partial charge in [0.25, 0.3) is 0 Å². The van der Waals surface area contributed by atoms with Gasteiger partial charge in [-0.25, -0.2) is 4.79 Å². The van der Waals surface area contributed by atoms with Crippen molar-refractivity contribution in [1.29, 1.82) is 0 Å². The van der Waals surface area contributed by atoms with E-state index in [1.54, 1.807) is 74.7 Å². The first-order valence-electron chi connectivity index (χ1n) is 33.9. The van der Waals surface area contributed by atoms with Gasteiger partial charge >= 0.3 is 5.97 Å². The largest absolute Gasteiger partial charge is 0.480 e. The lowest BCUT2D eigenvalue weighted by atomic mass is 9.77. The maximum atomic E-state index is 15.4. The number of aliphatic carboxylic acids is 1. The zero-order valence-electron chi connectivity index (χ0n) is 55.9. The topological polar surface area (TPSA) is 216 Å². The number of nitrogens with one attached hydrogen (secondary N) is 5. The second kappa shape index (κ2) is 34.2. The van der Waals surface area contributed by atoms with Crippen LogP contribution in [0.3, 0.4) is 0 Å². The molecule has 0 unspecified atom stereocenters. The van der Waals surface area contributed by atoms with Crippen molar-refractivity contribution in [3.8, 4) is 0 Å². The van der Waals surface area contributed by atoms with E-state index < -0.39 is 87.8 Å². The van der Waals surface area contributed by atoms with Gasteiger partial charge in [0, 0.05) is 31.7 Å². The van der Waals surface area contributed by atoms with Crippen LogP contribution in [0.5, 0.6) is 0 Å². The van der Waals surface area contributed by atoms with Crippen LogP contribution < -0.4 is 26.6 Å². The number of ether oxygens (including phenoxy) is 1. The number of carboxylic acids is 1. The molecule has 2 aliphatic rings. The second-order valence-electron chi connectivity index (χ2n) is 26.0. The molecule has 0 aromatic heterocycles. The Balaban J connectivity index is 0.967. The number of carbonyl (C=O) groups excluding carboxylic acids is 6. The SMILES string of the molecule is CCCCCCN[C@@H](CSC(c1ccccc1)(c1ccccc1)c1ccccc1)C(=O)N1CCC[C@H]1C(=O)N1CCC[C@H]1C(=O)N[C@H](C(=O)N[C@@H](CCC(=O)NC(c1ccccc1)(c1ccccc1)c1ccccc1)C(=O)N[C@@H](Cc1ccccc1)C(=O)O)[C@@H](C)OC(C)(C)C. The van der Waals surface area contributed by atoms with E-state index in [0.717, 1.165) is 59.1 Å². The number of carboxylic acid groups (broad SMARTS) is 1. The van der Waals surface area contributed by atoms with Crippen molar-refractivity contribution in [3.05, 3.63) is 251 Å². The number of hydrogen-bond donors (Lipinski definition) is 6. The molecule has 0 bridgehead atoms. The minimum absolute atomic E-state index is 0.0795. The molecule has 2 heterocycles. The number of nitrogens with zero attached hydrogens (tertiary/aromatic N) is 2. The number of likely N-dealkylation sites (tertiary alicyclic amines) is 2. The lowest BCUT2D eigenvalue weighted by molar-refractivity contribution is -0.148. The maximum absolute atomic E-state index is 15.4. The molecule has 2 saturated heterocycles. The van der Waals surface area contributed by atoms with Crippen LogP contribution in [0.4, 0.5) is 0 Å². The zero-order chi connectivity index (χ0) is 68.1. The normalized spacial score (nSPS) is 16.5. The Morgan fingerprint density at radius 1 is 0.552 bits per heavy atom. The predicted molar refractivity (Wildman–Crippen MR) is 378 cm³/mol. The summed E-state index contributed by atoms with van der Waals surface area (Å²) in [6, 6.07) is 61.5. The first-order valence-corrected chi connectivity index (χ1v) is 34.9. The number of hydrogen-bond acceptors (Lipinski definition) is 10. The van der Waals surface area contributed by atoms with Crippen molar-refractivity contribution in [2.24, 2.45) is 0 Å². The summed E-state index contributed by atoms with van der Waals surface area (Å²) in [6.07, 6.45) is 4.01. The van der Waals surface area contributed by atoms with Gasteiger partial charge in [-0.15, -0.1) is 11.8 Å². The van der Waals surface area contributed by atoms with Gasteiger partial charge in [-0.2, -0.15) is 0 Å². The molecule has 0 aliphatic carbocycles. The molecule has 7 aromatic rings. The lowest BCUT2D eigenvalue weighted by Gasteiger charge is -2.38. The quantitative estimate of drug-likeness (QED) is 0.0172. The molecule has 504 valence electrons. The average molecular weight is 1320 g/mol. The molecule has 16 nitrogen and oxygen atoms in total. The van der Waals surface area contributed by atoms with E-state index in [9.17, 15) is 19.5 Å². The molecule has 96 heavy (non-hydrogen) atoms. The summed E-state index contributed by atoms with van der Waals surface area (Å²) in [5.74, 6) is -4.29. The van der Waals surface area contributed by atoms with Gasteiger partial charge in [0.05, 0.1) is 22.5 Å². The fourth-order valence-electron chi connectivity index (χ4n) is 13.5. The standard InChI is InChI=1S/C79H93N7O9S/c1-6-7-8-30-51-80-66(55-96-79(61-41-24-13-25-42-61,62-43-26-14-27-44-62)63-45-28-15-29-46-63)74(91)86-53-32-48-68(86)75(92)85-52-31-47-67(85)72(89)83-70(56(2)95-77(3,4)5)73(90)81-64(71(88)82-65(76(93)94)54-57-33-16-9-17-34-57)49-50-69(87)84-78(58-35-18-10-19-36-58,59-37-20-11-21-38-59)60-39-22-12-23-40-60/h9-29,33-46,56,64-68,70,80H,6-8,30-32,47-55H2,1-5H3,(H,81,90)(H,82,88)(H,83,89)(H,84,87)(H,93,94)/t56-,64+,65+,66+,67+,68+,70+/m1/s1. The van der Waals surface area contributed by atoms with Gasteiger partial charge in [-0.3, -0.25) is 28.8 Å². The van der Waals surface area contributed by atoms with Gasteiger partial charge in [0.2, 0.25) is 35.4 Å².